The molecule has 1 aromatic rings. The van der Waals surface area contributed by atoms with Gasteiger partial charge in [0.1, 0.15) is 5.54 Å². The number of thioether (sulfide) groups is 1. The lowest BCUT2D eigenvalue weighted by molar-refractivity contribution is -0.148. The van der Waals surface area contributed by atoms with Gasteiger partial charge in [-0.2, -0.15) is 0 Å². The van der Waals surface area contributed by atoms with Gasteiger partial charge in [-0.05, 0) is 33.2 Å². The molecule has 0 bridgehead atoms. The highest BCUT2D eigenvalue weighted by molar-refractivity contribution is 7.99. The van der Waals surface area contributed by atoms with Crippen molar-refractivity contribution in [3.63, 3.8) is 0 Å². The molecule has 1 fully saturated rings. The summed E-state index contributed by atoms with van der Waals surface area (Å²) in [5.74, 6) is -0.228. The Morgan fingerprint density at radius 3 is 3.00 bits per heavy atom. The van der Waals surface area contributed by atoms with Crippen LogP contribution in [0.1, 0.15) is 25.0 Å². The number of rotatable bonds is 4. The van der Waals surface area contributed by atoms with E-state index < -0.39 is 5.54 Å². The Hall–Kier alpha value is -1.34. The Labute approximate surface area is 121 Å². The maximum atomic E-state index is 11.9. The predicted molar refractivity (Wildman–Crippen MR) is 76.9 cm³/mol. The van der Waals surface area contributed by atoms with E-state index >= 15 is 0 Å². The van der Waals surface area contributed by atoms with E-state index in [1.165, 1.54) is 24.9 Å². The van der Waals surface area contributed by atoms with Crippen molar-refractivity contribution < 1.29 is 9.53 Å². The lowest BCUT2D eigenvalue weighted by atomic mass is 9.98. The quantitative estimate of drug-likeness (QED) is 0.633. The average Bonchev–Trinajstić information content (AvgIpc) is 2.81. The summed E-state index contributed by atoms with van der Waals surface area (Å²) in [5.41, 5.74) is -0.0655. The van der Waals surface area contributed by atoms with Crippen molar-refractivity contribution in [1.29, 1.82) is 0 Å². The molecule has 1 aliphatic carbocycles. The molecule has 1 saturated carbocycles. The molecule has 2 unspecified atom stereocenters. The van der Waals surface area contributed by atoms with Crippen molar-refractivity contribution in [1.82, 2.24) is 15.3 Å². The predicted octanol–water partition coefficient (Wildman–Crippen LogP) is 0.854. The number of nitrogens with zero attached hydrogens (tertiary/aromatic N) is 1. The number of esters is 1. The van der Waals surface area contributed by atoms with Crippen molar-refractivity contribution in [2.24, 2.45) is 0 Å². The van der Waals surface area contributed by atoms with Gasteiger partial charge in [-0.25, -0.2) is 4.98 Å². The zero-order chi connectivity index (χ0) is 14.8. The van der Waals surface area contributed by atoms with Gasteiger partial charge in [-0.15, -0.1) is 0 Å². The summed E-state index contributed by atoms with van der Waals surface area (Å²) in [4.78, 5) is 30.4. The second-order valence-electron chi connectivity index (χ2n) is 5.00. The number of carbonyl (C=O) groups excluding carboxylic acids is 1. The molecule has 0 saturated heterocycles. The Kier molecular flexibility index (Phi) is 4.49. The van der Waals surface area contributed by atoms with Crippen LogP contribution in [0, 0.1) is 6.92 Å². The zero-order valence-electron chi connectivity index (χ0n) is 11.9. The maximum absolute atomic E-state index is 11.9. The SMILES string of the molecule is CNC1(C(=O)OC)CCC(Sc2nc(C)cc(=O)[nH]2)C1. The first kappa shape index (κ1) is 15.1. The molecule has 1 aromatic heterocycles. The average molecular weight is 297 g/mol. The molecule has 110 valence electrons. The van der Waals surface area contributed by atoms with E-state index in [0.717, 1.165) is 12.8 Å². The highest BCUT2D eigenvalue weighted by atomic mass is 32.2. The van der Waals surface area contributed by atoms with Gasteiger partial charge in [0.2, 0.25) is 0 Å². The fraction of sp³-hybridized carbons (Fsp3) is 0.615. The third-order valence-corrected chi connectivity index (χ3v) is 4.80. The topological polar surface area (TPSA) is 84.1 Å². The van der Waals surface area contributed by atoms with Gasteiger partial charge in [0, 0.05) is 17.0 Å². The van der Waals surface area contributed by atoms with Crippen LogP contribution in [0.2, 0.25) is 0 Å². The normalized spacial score (nSPS) is 25.6. The number of aryl methyl sites for hydroxylation is 1. The summed E-state index contributed by atoms with van der Waals surface area (Å²) in [6.07, 6.45) is 2.26. The number of likely N-dealkylation sites (N-methyl/N-ethyl adjacent to an activating group) is 1. The summed E-state index contributed by atoms with van der Waals surface area (Å²) in [7, 11) is 3.18. The molecule has 20 heavy (non-hydrogen) atoms. The minimum Gasteiger partial charge on any atom is -0.468 e. The van der Waals surface area contributed by atoms with Crippen LogP contribution in [0.15, 0.2) is 16.0 Å². The van der Waals surface area contributed by atoms with Crippen LogP contribution in [0.4, 0.5) is 0 Å². The van der Waals surface area contributed by atoms with E-state index in [4.69, 9.17) is 4.74 Å². The molecule has 0 aromatic carbocycles. The number of nitrogens with one attached hydrogen (secondary N) is 2. The number of methoxy groups -OCH3 is 1. The van der Waals surface area contributed by atoms with Crippen molar-refractivity contribution in [3.8, 4) is 0 Å². The minimum atomic E-state index is -0.615. The van der Waals surface area contributed by atoms with Crippen molar-refractivity contribution in [2.75, 3.05) is 14.2 Å². The lowest BCUT2D eigenvalue weighted by Crippen LogP contribution is -2.49. The molecule has 1 heterocycles. The van der Waals surface area contributed by atoms with Crippen molar-refractivity contribution in [3.05, 3.63) is 22.1 Å². The molecular weight excluding hydrogens is 278 g/mol. The molecule has 2 N–H and O–H groups in total. The van der Waals surface area contributed by atoms with E-state index in [2.05, 4.69) is 15.3 Å². The first-order chi connectivity index (χ1) is 9.49. The molecule has 0 aliphatic heterocycles. The molecular formula is C13H19N3O3S. The van der Waals surface area contributed by atoms with Crippen molar-refractivity contribution >= 4 is 17.7 Å². The molecule has 1 aliphatic rings. The van der Waals surface area contributed by atoms with Crippen LogP contribution < -0.4 is 10.9 Å². The Balaban J connectivity index is 2.09. The van der Waals surface area contributed by atoms with Gasteiger partial charge in [0.25, 0.3) is 5.56 Å². The standard InChI is InChI=1S/C13H19N3O3S/c1-8-6-10(17)16-12(15-8)20-9-4-5-13(7-9,14-2)11(18)19-3/h6,9,14H,4-5,7H2,1-3H3,(H,15,16,17). The highest BCUT2D eigenvalue weighted by Crippen LogP contribution is 2.39. The molecule has 2 rings (SSSR count). The summed E-state index contributed by atoms with van der Waals surface area (Å²) < 4.78 is 4.88. The third-order valence-electron chi connectivity index (χ3n) is 3.65. The number of ether oxygens (including phenoxy) is 1. The summed E-state index contributed by atoms with van der Waals surface area (Å²) in [6, 6.07) is 1.46. The van der Waals surface area contributed by atoms with E-state index in [0.29, 0.717) is 17.3 Å². The van der Waals surface area contributed by atoms with Crippen LogP contribution >= 0.6 is 11.8 Å². The summed E-state index contributed by atoms with van der Waals surface area (Å²) >= 11 is 1.51. The van der Waals surface area contributed by atoms with Crippen LogP contribution in [0.3, 0.4) is 0 Å². The number of carbonyl (C=O) groups is 1. The maximum Gasteiger partial charge on any atom is 0.326 e. The lowest BCUT2D eigenvalue weighted by Gasteiger charge is -2.25. The third kappa shape index (κ3) is 3.04. The first-order valence-corrected chi connectivity index (χ1v) is 7.39. The number of aromatic nitrogens is 2. The molecule has 0 radical (unpaired) electrons. The highest BCUT2D eigenvalue weighted by Gasteiger charge is 2.45. The van der Waals surface area contributed by atoms with Crippen LogP contribution in [0.25, 0.3) is 0 Å². The monoisotopic (exact) mass is 297 g/mol. The molecule has 2 atom stereocenters. The Morgan fingerprint density at radius 2 is 2.40 bits per heavy atom. The molecule has 6 nitrogen and oxygen atoms in total. The van der Waals surface area contributed by atoms with Crippen LogP contribution in [0.5, 0.6) is 0 Å². The van der Waals surface area contributed by atoms with Gasteiger partial charge in [-0.3, -0.25) is 9.59 Å². The second-order valence-corrected chi connectivity index (χ2v) is 6.29. The molecule has 0 spiro atoms. The van der Waals surface area contributed by atoms with Gasteiger partial charge in [0.05, 0.1) is 7.11 Å². The fourth-order valence-electron chi connectivity index (χ4n) is 2.58. The van der Waals surface area contributed by atoms with Crippen molar-refractivity contribution in [2.45, 2.75) is 42.1 Å². The largest absolute Gasteiger partial charge is 0.468 e. The number of hydrogen-bond acceptors (Lipinski definition) is 6. The Bertz CT molecular complexity index is 560. The van der Waals surface area contributed by atoms with E-state index in [9.17, 15) is 9.59 Å². The molecule has 7 heteroatoms. The zero-order valence-corrected chi connectivity index (χ0v) is 12.7. The fourth-order valence-corrected chi connectivity index (χ4v) is 3.85. The first-order valence-electron chi connectivity index (χ1n) is 6.51. The van der Waals surface area contributed by atoms with Gasteiger partial charge < -0.3 is 15.0 Å². The van der Waals surface area contributed by atoms with Gasteiger partial charge in [-0.1, -0.05) is 11.8 Å². The van der Waals surface area contributed by atoms with Crippen LogP contribution in [-0.2, 0) is 9.53 Å². The number of aromatic amines is 1. The smallest absolute Gasteiger partial charge is 0.326 e. The van der Waals surface area contributed by atoms with E-state index in [1.807, 2.05) is 0 Å². The van der Waals surface area contributed by atoms with Gasteiger partial charge in [0.15, 0.2) is 5.16 Å². The molecule has 0 amide bonds. The Morgan fingerprint density at radius 1 is 1.65 bits per heavy atom. The number of H-pyrrole nitrogens is 1. The number of hydrogen-bond donors (Lipinski definition) is 2. The van der Waals surface area contributed by atoms with E-state index in [-0.39, 0.29) is 16.8 Å². The second kappa shape index (κ2) is 5.97. The summed E-state index contributed by atoms with van der Waals surface area (Å²) in [6.45, 7) is 1.79. The minimum absolute atomic E-state index is 0.147. The van der Waals surface area contributed by atoms with Crippen LogP contribution in [-0.4, -0.2) is 40.9 Å². The van der Waals surface area contributed by atoms with Gasteiger partial charge >= 0.3 is 5.97 Å². The van der Waals surface area contributed by atoms with E-state index in [1.54, 1.807) is 14.0 Å². The summed E-state index contributed by atoms with van der Waals surface area (Å²) in [5, 5.41) is 3.92.